The molecule has 230 valence electrons. The molecule has 0 heterocycles. The summed E-state index contributed by atoms with van der Waals surface area (Å²) in [5.74, 6) is -1.60. The zero-order valence-corrected chi connectivity index (χ0v) is 27.0. The van der Waals surface area contributed by atoms with Crippen molar-refractivity contribution in [2.75, 3.05) is 10.8 Å². The number of halogens is 2. The Balaban J connectivity index is 1.80. The molecule has 4 aromatic carbocycles. The summed E-state index contributed by atoms with van der Waals surface area (Å²) in [6.07, 6.45) is 0.810. The van der Waals surface area contributed by atoms with Gasteiger partial charge in [0.1, 0.15) is 18.4 Å². The van der Waals surface area contributed by atoms with Crippen molar-refractivity contribution in [1.82, 2.24) is 10.2 Å². The Labute approximate surface area is 266 Å². The van der Waals surface area contributed by atoms with E-state index in [2.05, 4.69) is 21.2 Å². The van der Waals surface area contributed by atoms with Crippen molar-refractivity contribution in [1.29, 1.82) is 0 Å². The monoisotopic (exact) mass is 679 g/mol. The SMILES string of the molecule is CCC(C)NC(=O)C(Cc1ccccc1)N(Cc1ccccc1F)C(=O)CN(c1ccc(Br)cc1)S(=O)(=O)c1ccccc1. The number of anilines is 1. The van der Waals surface area contributed by atoms with Crippen LogP contribution in [0.25, 0.3) is 0 Å². The molecule has 2 atom stereocenters. The molecule has 0 aliphatic carbocycles. The Bertz CT molecular complexity index is 1660. The lowest BCUT2D eigenvalue weighted by atomic mass is 10.0. The highest BCUT2D eigenvalue weighted by molar-refractivity contribution is 9.10. The van der Waals surface area contributed by atoms with Crippen molar-refractivity contribution < 1.29 is 22.4 Å². The summed E-state index contributed by atoms with van der Waals surface area (Å²) in [4.78, 5) is 29.5. The minimum Gasteiger partial charge on any atom is -0.352 e. The van der Waals surface area contributed by atoms with Crippen LogP contribution < -0.4 is 9.62 Å². The van der Waals surface area contributed by atoms with Crippen LogP contribution in [0.3, 0.4) is 0 Å². The van der Waals surface area contributed by atoms with Crippen LogP contribution in [0.2, 0.25) is 0 Å². The Morgan fingerprint density at radius 2 is 1.45 bits per heavy atom. The normalized spacial score (nSPS) is 12.6. The van der Waals surface area contributed by atoms with Crippen LogP contribution in [0.4, 0.5) is 10.1 Å². The third-order valence-electron chi connectivity index (χ3n) is 7.30. The van der Waals surface area contributed by atoms with Crippen molar-refractivity contribution in [3.63, 3.8) is 0 Å². The third-order valence-corrected chi connectivity index (χ3v) is 9.61. The molecular weight excluding hydrogens is 645 g/mol. The maximum atomic E-state index is 15.0. The molecule has 0 bridgehead atoms. The molecule has 2 unspecified atom stereocenters. The molecule has 0 radical (unpaired) electrons. The summed E-state index contributed by atoms with van der Waals surface area (Å²) in [6, 6.07) is 28.4. The molecule has 0 saturated carbocycles. The molecule has 4 aromatic rings. The third kappa shape index (κ3) is 8.33. The van der Waals surface area contributed by atoms with Crippen molar-refractivity contribution >= 4 is 43.5 Å². The smallest absolute Gasteiger partial charge is 0.264 e. The first-order valence-electron chi connectivity index (χ1n) is 14.3. The van der Waals surface area contributed by atoms with E-state index >= 15 is 0 Å². The van der Waals surface area contributed by atoms with Gasteiger partial charge in [0.15, 0.2) is 0 Å². The number of carbonyl (C=O) groups is 2. The molecule has 1 N–H and O–H groups in total. The lowest BCUT2D eigenvalue weighted by molar-refractivity contribution is -0.140. The van der Waals surface area contributed by atoms with E-state index < -0.39 is 40.2 Å². The standard InChI is InChI=1S/C34H35BrFN3O4S/c1-3-25(2)37-34(41)32(22-26-12-6-4-7-13-26)38(23-27-14-10-11-17-31(27)36)33(40)24-39(29-20-18-28(35)19-21-29)44(42,43)30-15-8-5-9-16-30/h4-21,25,32H,3,22-24H2,1-2H3,(H,37,41). The maximum absolute atomic E-state index is 15.0. The number of hydrogen-bond acceptors (Lipinski definition) is 4. The van der Waals surface area contributed by atoms with Crippen LogP contribution in [0.5, 0.6) is 0 Å². The number of sulfonamides is 1. The van der Waals surface area contributed by atoms with Gasteiger partial charge in [0.25, 0.3) is 10.0 Å². The van der Waals surface area contributed by atoms with Crippen LogP contribution in [-0.4, -0.2) is 43.8 Å². The molecule has 0 fully saturated rings. The Morgan fingerprint density at radius 3 is 2.07 bits per heavy atom. The van der Waals surface area contributed by atoms with E-state index in [0.717, 1.165) is 14.3 Å². The van der Waals surface area contributed by atoms with E-state index in [1.165, 1.54) is 23.1 Å². The zero-order valence-electron chi connectivity index (χ0n) is 24.6. The van der Waals surface area contributed by atoms with Crippen LogP contribution in [0.15, 0.2) is 119 Å². The lowest BCUT2D eigenvalue weighted by Gasteiger charge is -2.34. The van der Waals surface area contributed by atoms with Crippen molar-refractivity contribution in [2.45, 2.75) is 50.2 Å². The molecule has 0 aromatic heterocycles. The van der Waals surface area contributed by atoms with Gasteiger partial charge in [-0.25, -0.2) is 12.8 Å². The second-order valence-corrected chi connectivity index (χ2v) is 13.2. The number of hydrogen-bond donors (Lipinski definition) is 1. The molecule has 4 rings (SSSR count). The fourth-order valence-corrected chi connectivity index (χ4v) is 6.36. The first-order chi connectivity index (χ1) is 21.1. The number of rotatable bonds is 13. The fourth-order valence-electron chi connectivity index (χ4n) is 4.66. The van der Waals surface area contributed by atoms with Gasteiger partial charge in [0, 0.05) is 29.0 Å². The summed E-state index contributed by atoms with van der Waals surface area (Å²) < 4.78 is 44.7. The molecule has 2 amide bonds. The quantitative estimate of drug-likeness (QED) is 0.179. The summed E-state index contributed by atoms with van der Waals surface area (Å²) in [7, 11) is -4.21. The topological polar surface area (TPSA) is 86.8 Å². The van der Waals surface area contributed by atoms with Crippen molar-refractivity contribution in [3.05, 3.63) is 131 Å². The van der Waals surface area contributed by atoms with E-state index in [1.54, 1.807) is 60.7 Å². The first kappa shape index (κ1) is 32.9. The summed E-state index contributed by atoms with van der Waals surface area (Å²) in [5, 5.41) is 2.97. The van der Waals surface area contributed by atoms with E-state index in [1.807, 2.05) is 44.2 Å². The highest BCUT2D eigenvalue weighted by Crippen LogP contribution is 2.26. The average Bonchev–Trinajstić information content (AvgIpc) is 3.03. The number of benzene rings is 4. The van der Waals surface area contributed by atoms with E-state index in [-0.39, 0.29) is 35.2 Å². The van der Waals surface area contributed by atoms with Crippen LogP contribution in [-0.2, 0) is 32.6 Å². The Hall–Kier alpha value is -4.02. The van der Waals surface area contributed by atoms with Gasteiger partial charge in [-0.2, -0.15) is 0 Å². The highest BCUT2D eigenvalue weighted by Gasteiger charge is 2.35. The minimum absolute atomic E-state index is 0.00622. The maximum Gasteiger partial charge on any atom is 0.264 e. The first-order valence-corrected chi connectivity index (χ1v) is 16.5. The van der Waals surface area contributed by atoms with Crippen LogP contribution in [0, 0.1) is 5.82 Å². The zero-order chi connectivity index (χ0) is 31.7. The van der Waals surface area contributed by atoms with Crippen molar-refractivity contribution in [3.8, 4) is 0 Å². The number of nitrogens with one attached hydrogen (secondary N) is 1. The predicted octanol–water partition coefficient (Wildman–Crippen LogP) is 6.34. The van der Waals surface area contributed by atoms with Gasteiger partial charge >= 0.3 is 0 Å². The molecule has 7 nitrogen and oxygen atoms in total. The minimum atomic E-state index is -4.21. The second kappa shape index (κ2) is 15.1. The van der Waals surface area contributed by atoms with Crippen molar-refractivity contribution in [2.24, 2.45) is 0 Å². The molecule has 0 saturated heterocycles. The Morgan fingerprint density at radius 1 is 0.864 bits per heavy atom. The largest absolute Gasteiger partial charge is 0.352 e. The number of nitrogens with zero attached hydrogens (tertiary/aromatic N) is 2. The van der Waals surface area contributed by atoms with Crippen LogP contribution >= 0.6 is 15.9 Å². The number of carbonyl (C=O) groups excluding carboxylic acids is 2. The summed E-state index contributed by atoms with van der Waals surface area (Å²) >= 11 is 3.38. The van der Waals surface area contributed by atoms with E-state index in [4.69, 9.17) is 0 Å². The Kier molecular flexibility index (Phi) is 11.3. The van der Waals surface area contributed by atoms with Gasteiger partial charge in [0.2, 0.25) is 11.8 Å². The molecule has 0 spiro atoms. The average molecular weight is 681 g/mol. The summed E-state index contributed by atoms with van der Waals surface area (Å²) in [6.45, 7) is 2.94. The van der Waals surface area contributed by atoms with Gasteiger partial charge in [-0.05, 0) is 61.4 Å². The molecule has 0 aliphatic rings. The second-order valence-electron chi connectivity index (χ2n) is 10.4. The van der Waals surface area contributed by atoms with E-state index in [0.29, 0.717) is 6.42 Å². The fraction of sp³-hybridized carbons (Fsp3) is 0.235. The van der Waals surface area contributed by atoms with Gasteiger partial charge in [0.05, 0.1) is 10.6 Å². The molecule has 10 heteroatoms. The lowest BCUT2D eigenvalue weighted by Crippen LogP contribution is -2.54. The van der Waals surface area contributed by atoms with Gasteiger partial charge in [-0.3, -0.25) is 13.9 Å². The highest BCUT2D eigenvalue weighted by atomic mass is 79.9. The van der Waals surface area contributed by atoms with E-state index in [9.17, 15) is 22.4 Å². The molecule has 0 aliphatic heterocycles. The molecular formula is C34H35BrFN3O4S. The molecule has 44 heavy (non-hydrogen) atoms. The summed E-state index contributed by atoms with van der Waals surface area (Å²) in [5.41, 5.74) is 1.26. The number of amides is 2. The van der Waals surface area contributed by atoms with Gasteiger partial charge in [-0.1, -0.05) is 89.6 Å². The predicted molar refractivity (Wildman–Crippen MR) is 174 cm³/mol. The van der Waals surface area contributed by atoms with Crippen LogP contribution in [0.1, 0.15) is 31.4 Å². The van der Waals surface area contributed by atoms with Gasteiger partial charge < -0.3 is 10.2 Å². The van der Waals surface area contributed by atoms with Gasteiger partial charge in [-0.15, -0.1) is 0 Å².